The van der Waals surface area contributed by atoms with Crippen LogP contribution in [0.4, 0.5) is 0 Å². The van der Waals surface area contributed by atoms with Crippen LogP contribution < -0.4 is 4.74 Å². The Labute approximate surface area is 107 Å². The molecule has 1 aromatic carbocycles. The molecule has 0 bridgehead atoms. The summed E-state index contributed by atoms with van der Waals surface area (Å²) in [6.07, 6.45) is 0. The average molecular weight is 269 g/mol. The molecule has 0 spiro atoms. The van der Waals surface area contributed by atoms with Gasteiger partial charge in [0.15, 0.2) is 11.5 Å². The van der Waals surface area contributed by atoms with Crippen molar-refractivity contribution in [3.8, 4) is 23.1 Å². The van der Waals surface area contributed by atoms with Gasteiger partial charge in [-0.25, -0.2) is 0 Å². The Morgan fingerprint density at radius 1 is 1.35 bits per heavy atom. The molecule has 1 heterocycles. The van der Waals surface area contributed by atoms with Gasteiger partial charge >= 0.3 is 0 Å². The summed E-state index contributed by atoms with van der Waals surface area (Å²) in [7, 11) is 1.50. The maximum absolute atomic E-state index is 8.65. The highest BCUT2D eigenvalue weighted by Gasteiger charge is 2.15. The number of nitriles is 1. The van der Waals surface area contributed by atoms with Crippen LogP contribution in [-0.2, 0) is 0 Å². The molecule has 2 aromatic rings. The second-order valence-corrected chi connectivity index (χ2v) is 3.89. The van der Waals surface area contributed by atoms with Crippen molar-refractivity contribution in [3.05, 3.63) is 33.9 Å². The number of aromatic nitrogens is 1. The van der Waals surface area contributed by atoms with Gasteiger partial charge in [-0.2, -0.15) is 5.26 Å². The molecule has 0 atom stereocenters. The lowest BCUT2D eigenvalue weighted by atomic mass is 10.1. The van der Waals surface area contributed by atoms with Crippen LogP contribution in [0.5, 0.6) is 5.75 Å². The van der Waals surface area contributed by atoms with E-state index in [1.807, 2.05) is 6.07 Å². The van der Waals surface area contributed by atoms with Crippen LogP contribution in [0.2, 0.25) is 10.0 Å². The minimum absolute atomic E-state index is 0.183. The topological polar surface area (TPSA) is 59.0 Å². The molecule has 0 radical (unpaired) electrons. The van der Waals surface area contributed by atoms with Crippen molar-refractivity contribution in [2.24, 2.45) is 0 Å². The third-order valence-electron chi connectivity index (χ3n) is 2.16. The SMILES string of the molecule is COc1ccc(-c2cc(C#N)no2)c(Cl)c1Cl. The van der Waals surface area contributed by atoms with Crippen LogP contribution in [-0.4, -0.2) is 12.3 Å². The molecule has 0 saturated heterocycles. The summed E-state index contributed by atoms with van der Waals surface area (Å²) in [5, 5.41) is 12.8. The molecular formula is C11H6Cl2N2O2. The van der Waals surface area contributed by atoms with E-state index in [2.05, 4.69) is 5.16 Å². The van der Waals surface area contributed by atoms with E-state index < -0.39 is 0 Å². The van der Waals surface area contributed by atoms with E-state index >= 15 is 0 Å². The standard InChI is InChI=1S/C11H6Cl2N2O2/c1-16-8-3-2-7(10(12)11(8)13)9-4-6(5-14)15-17-9/h2-4H,1H3. The van der Waals surface area contributed by atoms with Gasteiger partial charge in [0.2, 0.25) is 0 Å². The smallest absolute Gasteiger partial charge is 0.184 e. The van der Waals surface area contributed by atoms with Gasteiger partial charge < -0.3 is 9.26 Å². The van der Waals surface area contributed by atoms with E-state index in [0.29, 0.717) is 27.1 Å². The maximum atomic E-state index is 8.65. The summed E-state index contributed by atoms with van der Waals surface area (Å²) in [5.41, 5.74) is 0.745. The van der Waals surface area contributed by atoms with E-state index in [0.717, 1.165) is 0 Å². The second kappa shape index (κ2) is 4.66. The van der Waals surface area contributed by atoms with Gasteiger partial charge in [0, 0.05) is 11.6 Å². The zero-order valence-corrected chi connectivity index (χ0v) is 10.2. The third-order valence-corrected chi connectivity index (χ3v) is 3.02. The van der Waals surface area contributed by atoms with Crippen LogP contribution in [0.1, 0.15) is 5.69 Å². The number of hydrogen-bond donors (Lipinski definition) is 0. The lowest BCUT2D eigenvalue weighted by Gasteiger charge is -2.06. The lowest BCUT2D eigenvalue weighted by Crippen LogP contribution is -1.86. The number of ether oxygens (including phenoxy) is 1. The summed E-state index contributed by atoms with van der Waals surface area (Å²) in [6.45, 7) is 0. The number of rotatable bonds is 2. The molecule has 0 saturated carbocycles. The minimum Gasteiger partial charge on any atom is -0.495 e. The molecule has 0 N–H and O–H groups in total. The van der Waals surface area contributed by atoms with Crippen molar-refractivity contribution in [2.45, 2.75) is 0 Å². The van der Waals surface area contributed by atoms with Crippen molar-refractivity contribution in [1.82, 2.24) is 5.16 Å². The third kappa shape index (κ3) is 2.07. The normalized spacial score (nSPS) is 10.0. The maximum Gasteiger partial charge on any atom is 0.184 e. The van der Waals surface area contributed by atoms with E-state index in [1.165, 1.54) is 13.2 Å². The van der Waals surface area contributed by atoms with Crippen LogP contribution in [0.3, 0.4) is 0 Å². The molecule has 0 fully saturated rings. The van der Waals surface area contributed by atoms with Crippen LogP contribution in [0.15, 0.2) is 22.7 Å². The van der Waals surface area contributed by atoms with Crippen LogP contribution in [0.25, 0.3) is 11.3 Å². The molecular weight excluding hydrogens is 263 g/mol. The molecule has 86 valence electrons. The number of benzene rings is 1. The fourth-order valence-electron chi connectivity index (χ4n) is 1.33. The molecule has 17 heavy (non-hydrogen) atoms. The zero-order valence-electron chi connectivity index (χ0n) is 8.70. The molecule has 0 aliphatic carbocycles. The van der Waals surface area contributed by atoms with E-state index in [1.54, 1.807) is 12.1 Å². The summed E-state index contributed by atoms with van der Waals surface area (Å²) >= 11 is 12.1. The first kappa shape index (κ1) is 11.8. The molecule has 2 rings (SSSR count). The monoisotopic (exact) mass is 268 g/mol. The van der Waals surface area contributed by atoms with Gasteiger partial charge in [-0.3, -0.25) is 0 Å². The molecule has 0 unspecified atom stereocenters. The summed E-state index contributed by atoms with van der Waals surface area (Å²) < 4.78 is 10.0. The first-order chi connectivity index (χ1) is 8.17. The quantitative estimate of drug-likeness (QED) is 0.836. The Bertz CT molecular complexity index is 602. The fraction of sp³-hybridized carbons (Fsp3) is 0.0909. The largest absolute Gasteiger partial charge is 0.495 e. The lowest BCUT2D eigenvalue weighted by molar-refractivity contribution is 0.414. The summed E-state index contributed by atoms with van der Waals surface area (Å²) in [5.74, 6) is 0.858. The number of nitrogens with zero attached hydrogens (tertiary/aromatic N) is 2. The predicted octanol–water partition coefficient (Wildman–Crippen LogP) is 3.53. The van der Waals surface area contributed by atoms with E-state index in [-0.39, 0.29) is 5.69 Å². The Hall–Kier alpha value is -1.70. The Morgan fingerprint density at radius 3 is 2.71 bits per heavy atom. The van der Waals surface area contributed by atoms with Crippen molar-refractivity contribution >= 4 is 23.2 Å². The van der Waals surface area contributed by atoms with E-state index in [9.17, 15) is 0 Å². The van der Waals surface area contributed by atoms with Crippen LogP contribution in [0, 0.1) is 11.3 Å². The van der Waals surface area contributed by atoms with Crippen molar-refractivity contribution < 1.29 is 9.26 Å². The molecule has 0 aliphatic rings. The predicted molar refractivity (Wildman–Crippen MR) is 63.2 cm³/mol. The highest BCUT2D eigenvalue weighted by atomic mass is 35.5. The van der Waals surface area contributed by atoms with Gasteiger partial charge in [-0.15, -0.1) is 0 Å². The molecule has 6 heteroatoms. The highest BCUT2D eigenvalue weighted by Crippen LogP contribution is 2.39. The molecule has 1 aromatic heterocycles. The fourth-order valence-corrected chi connectivity index (χ4v) is 1.83. The van der Waals surface area contributed by atoms with E-state index in [4.69, 9.17) is 37.7 Å². The molecule has 4 nitrogen and oxygen atoms in total. The Balaban J connectivity index is 2.54. The Kier molecular flexibility index (Phi) is 3.23. The number of hydrogen-bond acceptors (Lipinski definition) is 4. The summed E-state index contributed by atoms with van der Waals surface area (Å²) in [4.78, 5) is 0. The summed E-state index contributed by atoms with van der Waals surface area (Å²) in [6, 6.07) is 6.71. The van der Waals surface area contributed by atoms with Gasteiger partial charge in [-0.1, -0.05) is 28.4 Å². The Morgan fingerprint density at radius 2 is 2.12 bits per heavy atom. The molecule has 0 amide bonds. The zero-order chi connectivity index (χ0) is 12.4. The minimum atomic E-state index is 0.183. The first-order valence-corrected chi connectivity index (χ1v) is 5.32. The van der Waals surface area contributed by atoms with Gasteiger partial charge in [0.25, 0.3) is 0 Å². The molecule has 0 aliphatic heterocycles. The first-order valence-electron chi connectivity index (χ1n) is 4.56. The van der Waals surface area contributed by atoms with Gasteiger partial charge in [0.1, 0.15) is 16.8 Å². The van der Waals surface area contributed by atoms with Crippen molar-refractivity contribution in [2.75, 3.05) is 7.11 Å². The van der Waals surface area contributed by atoms with Gasteiger partial charge in [0.05, 0.1) is 12.1 Å². The van der Waals surface area contributed by atoms with Crippen LogP contribution >= 0.6 is 23.2 Å². The van der Waals surface area contributed by atoms with Crippen molar-refractivity contribution in [3.63, 3.8) is 0 Å². The second-order valence-electron chi connectivity index (χ2n) is 3.13. The highest BCUT2D eigenvalue weighted by molar-refractivity contribution is 6.44. The van der Waals surface area contributed by atoms with Crippen molar-refractivity contribution in [1.29, 1.82) is 5.26 Å². The number of halogens is 2. The van der Waals surface area contributed by atoms with Gasteiger partial charge in [-0.05, 0) is 12.1 Å². The number of methoxy groups -OCH3 is 1. The average Bonchev–Trinajstić information content (AvgIpc) is 2.81.